The first-order valence-corrected chi connectivity index (χ1v) is 7.39. The summed E-state index contributed by atoms with van der Waals surface area (Å²) >= 11 is 5.82. The van der Waals surface area contributed by atoms with Gasteiger partial charge in [0.25, 0.3) is 0 Å². The Kier molecular flexibility index (Phi) is 7.11. The highest BCUT2D eigenvalue weighted by Gasteiger charge is 2.24. The van der Waals surface area contributed by atoms with Crippen molar-refractivity contribution in [1.82, 2.24) is 4.90 Å². The molecule has 0 radical (unpaired) electrons. The summed E-state index contributed by atoms with van der Waals surface area (Å²) in [7, 11) is 0. The maximum Gasteiger partial charge on any atom is 0.221 e. The molecular formula is C15H23ClN2O3. The van der Waals surface area contributed by atoms with Gasteiger partial charge in [-0.15, -0.1) is 0 Å². The molecule has 1 aromatic rings. The van der Waals surface area contributed by atoms with Gasteiger partial charge in [-0.05, 0) is 50.0 Å². The van der Waals surface area contributed by atoms with Crippen molar-refractivity contribution in [1.29, 1.82) is 0 Å². The van der Waals surface area contributed by atoms with Crippen molar-refractivity contribution < 1.29 is 15.4 Å². The second-order valence-corrected chi connectivity index (χ2v) is 5.85. The van der Waals surface area contributed by atoms with Crippen LogP contribution in [0.1, 0.15) is 30.9 Å². The number of halogens is 1. The van der Waals surface area contributed by atoms with E-state index in [2.05, 4.69) is 4.90 Å². The number of primary amides is 1. The molecule has 2 unspecified atom stereocenters. The predicted molar refractivity (Wildman–Crippen MR) is 83.0 cm³/mol. The Morgan fingerprint density at radius 3 is 2.38 bits per heavy atom. The zero-order valence-corrected chi connectivity index (χ0v) is 12.7. The quantitative estimate of drug-likeness (QED) is 0.823. The van der Waals surface area contributed by atoms with Crippen LogP contribution in [0.15, 0.2) is 24.3 Å². The Morgan fingerprint density at radius 1 is 1.29 bits per heavy atom. The van der Waals surface area contributed by atoms with Crippen molar-refractivity contribution in [2.45, 2.75) is 25.4 Å². The second-order valence-electron chi connectivity index (χ2n) is 5.41. The molecule has 1 saturated heterocycles. The molecule has 0 aliphatic carbocycles. The van der Waals surface area contributed by atoms with E-state index in [1.807, 2.05) is 0 Å². The van der Waals surface area contributed by atoms with Crippen molar-refractivity contribution >= 4 is 17.5 Å². The normalized spacial score (nSPS) is 18.0. The lowest BCUT2D eigenvalue weighted by atomic mass is 9.96. The summed E-state index contributed by atoms with van der Waals surface area (Å²) in [6.45, 7) is 2.67. The summed E-state index contributed by atoms with van der Waals surface area (Å²) in [5.74, 6) is -0.663. The van der Waals surface area contributed by atoms with Crippen molar-refractivity contribution in [3.8, 4) is 0 Å². The zero-order valence-electron chi connectivity index (χ0n) is 12.0. The van der Waals surface area contributed by atoms with Gasteiger partial charge in [0.2, 0.25) is 5.91 Å². The lowest BCUT2D eigenvalue weighted by molar-refractivity contribution is -0.123. The molecule has 1 aromatic carbocycles. The van der Waals surface area contributed by atoms with Gasteiger partial charge in [-0.3, -0.25) is 4.79 Å². The molecule has 2 atom stereocenters. The molecular weight excluding hydrogens is 292 g/mol. The fourth-order valence-electron chi connectivity index (χ4n) is 2.65. The van der Waals surface area contributed by atoms with Crippen LogP contribution in [0.5, 0.6) is 0 Å². The average molecular weight is 315 g/mol. The third kappa shape index (κ3) is 5.28. The Hall–Kier alpha value is -1.14. The standard InChI is InChI=1S/C15H21ClN2O2.H2O/c16-13-5-3-11(4-6-13)14(19)9-12(15(17)20)10-18-7-1-2-8-18;/h3-6,12,14,19H,1-2,7-10H2,(H2,17,20);1H2. The number of hydrogen-bond acceptors (Lipinski definition) is 3. The van der Waals surface area contributed by atoms with E-state index in [0.29, 0.717) is 18.0 Å². The lowest BCUT2D eigenvalue weighted by Gasteiger charge is -2.23. The average Bonchev–Trinajstić information content (AvgIpc) is 2.91. The van der Waals surface area contributed by atoms with Crippen LogP contribution < -0.4 is 5.73 Å². The summed E-state index contributed by atoms with van der Waals surface area (Å²) < 4.78 is 0. The molecule has 1 amide bonds. The van der Waals surface area contributed by atoms with Gasteiger partial charge in [0.15, 0.2) is 0 Å². The molecule has 0 aromatic heterocycles. The van der Waals surface area contributed by atoms with E-state index in [4.69, 9.17) is 17.3 Å². The first-order valence-electron chi connectivity index (χ1n) is 7.01. The first kappa shape index (κ1) is 17.9. The molecule has 1 fully saturated rings. The van der Waals surface area contributed by atoms with Crippen molar-refractivity contribution in [2.75, 3.05) is 19.6 Å². The van der Waals surface area contributed by atoms with Crippen LogP contribution in [-0.4, -0.2) is 41.0 Å². The summed E-state index contributed by atoms with van der Waals surface area (Å²) in [6, 6.07) is 7.03. The minimum absolute atomic E-state index is 0. The summed E-state index contributed by atoms with van der Waals surface area (Å²) in [5, 5.41) is 10.9. The van der Waals surface area contributed by atoms with Crippen LogP contribution in [0.4, 0.5) is 0 Å². The topological polar surface area (TPSA) is 98.1 Å². The number of aliphatic hydroxyl groups excluding tert-OH is 1. The molecule has 0 spiro atoms. The Balaban J connectivity index is 0.00000220. The Bertz CT molecular complexity index is 447. The van der Waals surface area contributed by atoms with Gasteiger partial charge in [0.05, 0.1) is 12.0 Å². The molecule has 5 nitrogen and oxygen atoms in total. The van der Waals surface area contributed by atoms with Crippen LogP contribution in [0.2, 0.25) is 5.02 Å². The smallest absolute Gasteiger partial charge is 0.221 e. The van der Waals surface area contributed by atoms with E-state index < -0.39 is 6.10 Å². The van der Waals surface area contributed by atoms with E-state index in [1.165, 1.54) is 12.8 Å². The minimum Gasteiger partial charge on any atom is -0.412 e. The number of benzene rings is 1. The van der Waals surface area contributed by atoms with Gasteiger partial charge in [-0.25, -0.2) is 0 Å². The Labute approximate surface area is 130 Å². The highest BCUT2D eigenvalue weighted by molar-refractivity contribution is 6.30. The van der Waals surface area contributed by atoms with Crippen molar-refractivity contribution in [3.63, 3.8) is 0 Å². The number of rotatable bonds is 6. The monoisotopic (exact) mass is 314 g/mol. The largest absolute Gasteiger partial charge is 0.412 e. The number of carbonyl (C=O) groups excluding carboxylic acids is 1. The number of likely N-dealkylation sites (tertiary alicyclic amines) is 1. The van der Waals surface area contributed by atoms with Crippen LogP contribution in [0, 0.1) is 5.92 Å². The maximum atomic E-state index is 11.6. The van der Waals surface area contributed by atoms with Gasteiger partial charge in [-0.1, -0.05) is 23.7 Å². The van der Waals surface area contributed by atoms with Crippen molar-refractivity contribution in [3.05, 3.63) is 34.9 Å². The number of aliphatic hydroxyl groups is 1. The second kappa shape index (κ2) is 8.34. The molecule has 1 aliphatic rings. The molecule has 1 aliphatic heterocycles. The van der Waals surface area contributed by atoms with Gasteiger partial charge < -0.3 is 21.2 Å². The SMILES string of the molecule is NC(=O)C(CC(O)c1ccc(Cl)cc1)CN1CCCC1.O. The summed E-state index contributed by atoms with van der Waals surface area (Å²) in [6.07, 6.45) is 2.01. The highest BCUT2D eigenvalue weighted by atomic mass is 35.5. The van der Waals surface area contributed by atoms with Crippen LogP contribution >= 0.6 is 11.6 Å². The third-order valence-corrected chi connectivity index (χ3v) is 4.09. The minimum atomic E-state index is -0.688. The number of amides is 1. The lowest BCUT2D eigenvalue weighted by Crippen LogP contribution is -2.35. The molecule has 6 heteroatoms. The highest BCUT2D eigenvalue weighted by Crippen LogP contribution is 2.24. The number of nitrogens with two attached hydrogens (primary N) is 1. The number of hydrogen-bond donors (Lipinski definition) is 2. The van der Waals surface area contributed by atoms with Crippen LogP contribution in [0.25, 0.3) is 0 Å². The molecule has 0 saturated carbocycles. The van der Waals surface area contributed by atoms with Crippen LogP contribution in [-0.2, 0) is 4.79 Å². The molecule has 2 rings (SSSR count). The van der Waals surface area contributed by atoms with Gasteiger partial charge in [0, 0.05) is 11.6 Å². The van der Waals surface area contributed by atoms with E-state index >= 15 is 0 Å². The fourth-order valence-corrected chi connectivity index (χ4v) is 2.77. The van der Waals surface area contributed by atoms with E-state index in [-0.39, 0.29) is 17.3 Å². The van der Waals surface area contributed by atoms with E-state index in [9.17, 15) is 9.90 Å². The van der Waals surface area contributed by atoms with E-state index in [0.717, 1.165) is 18.7 Å². The first-order chi connectivity index (χ1) is 9.56. The molecule has 0 bridgehead atoms. The summed E-state index contributed by atoms with van der Waals surface area (Å²) in [5.41, 5.74) is 6.23. The maximum absolute atomic E-state index is 11.6. The van der Waals surface area contributed by atoms with Gasteiger partial charge in [0.1, 0.15) is 0 Å². The molecule has 118 valence electrons. The molecule has 21 heavy (non-hydrogen) atoms. The fraction of sp³-hybridized carbons (Fsp3) is 0.533. The molecule has 5 N–H and O–H groups in total. The summed E-state index contributed by atoms with van der Waals surface area (Å²) in [4.78, 5) is 13.8. The third-order valence-electron chi connectivity index (χ3n) is 3.84. The van der Waals surface area contributed by atoms with Gasteiger partial charge in [-0.2, -0.15) is 0 Å². The van der Waals surface area contributed by atoms with Crippen molar-refractivity contribution in [2.24, 2.45) is 11.7 Å². The van der Waals surface area contributed by atoms with E-state index in [1.54, 1.807) is 24.3 Å². The van der Waals surface area contributed by atoms with Gasteiger partial charge >= 0.3 is 0 Å². The zero-order chi connectivity index (χ0) is 14.5. The number of carbonyl (C=O) groups is 1. The Morgan fingerprint density at radius 2 is 1.86 bits per heavy atom. The molecule has 1 heterocycles. The predicted octanol–water partition coefficient (Wildman–Crippen LogP) is 1.14. The number of nitrogens with zero attached hydrogens (tertiary/aromatic N) is 1. The van der Waals surface area contributed by atoms with Crippen LogP contribution in [0.3, 0.4) is 0 Å².